The quantitative estimate of drug-likeness (QED) is 0.600. The lowest BCUT2D eigenvalue weighted by atomic mass is 9.55. The van der Waals surface area contributed by atoms with Crippen LogP contribution in [-0.2, 0) is 9.59 Å². The minimum Gasteiger partial charge on any atom is -0.274 e. The molecular weight excluding hydrogens is 346 g/mol. The van der Waals surface area contributed by atoms with Crippen molar-refractivity contribution in [2.45, 2.75) is 18.8 Å². The maximum Gasteiger partial charge on any atom is 0.238 e. The van der Waals surface area contributed by atoms with Crippen LogP contribution >= 0.6 is 0 Å². The highest BCUT2D eigenvalue weighted by atomic mass is 16.2. The molecule has 1 aliphatic heterocycles. The fourth-order valence-corrected chi connectivity index (χ4v) is 5.63. The molecule has 1 heterocycles. The van der Waals surface area contributed by atoms with E-state index in [-0.39, 0.29) is 35.5 Å². The van der Waals surface area contributed by atoms with Gasteiger partial charge < -0.3 is 0 Å². The number of imide groups is 1. The van der Waals surface area contributed by atoms with E-state index in [0.717, 1.165) is 5.56 Å². The van der Waals surface area contributed by atoms with Gasteiger partial charge >= 0.3 is 0 Å². The molecule has 0 N–H and O–H groups in total. The normalized spacial score (nSPS) is 26.8. The summed E-state index contributed by atoms with van der Waals surface area (Å²) in [6.07, 6.45) is 0. The predicted octanol–water partition coefficient (Wildman–Crippen LogP) is 4.39. The standard InChI is InChI=1S/C25H19NO2/c1-14-10-12-15(13-11-14)26-24(27)22-20-16-6-2-3-7-17(16)21(23(22)25(26)28)19-9-5-4-8-18(19)20/h2-13,20-23H,1H3/t20?,21?,22-,23?/m1/s1. The van der Waals surface area contributed by atoms with Gasteiger partial charge in [0.1, 0.15) is 0 Å². The number of hydrogen-bond donors (Lipinski definition) is 0. The summed E-state index contributed by atoms with van der Waals surface area (Å²) in [5.74, 6) is -0.841. The van der Waals surface area contributed by atoms with E-state index in [9.17, 15) is 9.59 Å². The lowest BCUT2D eigenvalue weighted by Crippen LogP contribution is -2.41. The first-order valence-corrected chi connectivity index (χ1v) is 9.79. The molecule has 0 saturated carbocycles. The molecule has 28 heavy (non-hydrogen) atoms. The molecule has 2 bridgehead atoms. The maximum absolute atomic E-state index is 13.6. The number of hydrogen-bond acceptors (Lipinski definition) is 2. The lowest BCUT2D eigenvalue weighted by Gasteiger charge is -2.45. The van der Waals surface area contributed by atoms with Gasteiger partial charge in [-0.25, -0.2) is 4.90 Å². The molecule has 136 valence electrons. The Morgan fingerprint density at radius 1 is 0.607 bits per heavy atom. The third-order valence-corrected chi connectivity index (χ3v) is 6.74. The van der Waals surface area contributed by atoms with E-state index >= 15 is 0 Å². The summed E-state index contributed by atoms with van der Waals surface area (Å²) in [5.41, 5.74) is 6.63. The van der Waals surface area contributed by atoms with Crippen LogP contribution in [0.25, 0.3) is 0 Å². The fraction of sp³-hybridized carbons (Fsp3) is 0.200. The van der Waals surface area contributed by atoms with Gasteiger partial charge in [0.05, 0.1) is 17.5 Å². The third kappa shape index (κ3) is 1.84. The molecule has 0 radical (unpaired) electrons. The first kappa shape index (κ1) is 15.8. The second-order valence-electron chi connectivity index (χ2n) is 8.11. The molecule has 3 aromatic carbocycles. The van der Waals surface area contributed by atoms with E-state index in [2.05, 4.69) is 24.3 Å². The second-order valence-corrected chi connectivity index (χ2v) is 8.11. The summed E-state index contributed by atoms with van der Waals surface area (Å²) in [4.78, 5) is 28.5. The molecule has 2 atom stereocenters. The Bertz CT molecular complexity index is 1030. The van der Waals surface area contributed by atoms with E-state index in [0.29, 0.717) is 5.69 Å². The minimum absolute atomic E-state index is 0.0469. The molecule has 3 heteroatoms. The molecule has 1 saturated heterocycles. The highest BCUT2D eigenvalue weighted by Gasteiger charge is 2.61. The summed E-state index contributed by atoms with van der Waals surface area (Å²) >= 11 is 0. The van der Waals surface area contributed by atoms with E-state index < -0.39 is 0 Å². The van der Waals surface area contributed by atoms with Crippen molar-refractivity contribution in [3.05, 3.63) is 101 Å². The van der Waals surface area contributed by atoms with Gasteiger partial charge in [0.2, 0.25) is 11.8 Å². The van der Waals surface area contributed by atoms with Crippen LogP contribution in [0.3, 0.4) is 0 Å². The van der Waals surface area contributed by atoms with E-state index in [4.69, 9.17) is 0 Å². The largest absolute Gasteiger partial charge is 0.274 e. The van der Waals surface area contributed by atoms with E-state index in [1.165, 1.54) is 27.2 Å². The molecule has 7 rings (SSSR count). The number of carbonyl (C=O) groups excluding carboxylic acids is 2. The van der Waals surface area contributed by atoms with Crippen molar-refractivity contribution >= 4 is 17.5 Å². The van der Waals surface area contributed by atoms with Crippen LogP contribution in [0.2, 0.25) is 0 Å². The number of nitrogens with zero attached hydrogens (tertiary/aromatic N) is 1. The van der Waals surface area contributed by atoms with Crippen LogP contribution in [0.1, 0.15) is 39.7 Å². The topological polar surface area (TPSA) is 37.4 Å². The zero-order valence-corrected chi connectivity index (χ0v) is 15.5. The van der Waals surface area contributed by atoms with Crippen molar-refractivity contribution in [3.8, 4) is 0 Å². The highest BCUT2D eigenvalue weighted by Crippen LogP contribution is 2.61. The number of carbonyl (C=O) groups is 2. The van der Waals surface area contributed by atoms with Crippen molar-refractivity contribution in [1.29, 1.82) is 0 Å². The second kappa shape index (κ2) is 5.41. The Kier molecular flexibility index (Phi) is 3.06. The monoisotopic (exact) mass is 365 g/mol. The Balaban J connectivity index is 1.57. The Morgan fingerprint density at radius 3 is 1.39 bits per heavy atom. The van der Waals surface area contributed by atoms with Crippen molar-refractivity contribution in [2.75, 3.05) is 4.90 Å². The summed E-state index contributed by atoms with van der Waals surface area (Å²) in [6, 6.07) is 24.3. The zero-order valence-electron chi connectivity index (χ0n) is 15.5. The maximum atomic E-state index is 13.6. The Morgan fingerprint density at radius 2 is 1.00 bits per heavy atom. The van der Waals surface area contributed by atoms with Gasteiger partial charge in [-0.1, -0.05) is 66.2 Å². The van der Waals surface area contributed by atoms with Crippen molar-refractivity contribution in [2.24, 2.45) is 11.8 Å². The van der Waals surface area contributed by atoms with Gasteiger partial charge in [-0.15, -0.1) is 0 Å². The Hall–Kier alpha value is -3.20. The average Bonchev–Trinajstić information content (AvgIpc) is 3.00. The van der Waals surface area contributed by atoms with Crippen LogP contribution in [0.15, 0.2) is 72.8 Å². The van der Waals surface area contributed by atoms with Gasteiger partial charge in [-0.05, 0) is 41.3 Å². The molecule has 3 aliphatic carbocycles. The van der Waals surface area contributed by atoms with Crippen LogP contribution in [-0.4, -0.2) is 11.8 Å². The molecule has 3 aromatic rings. The molecule has 3 nitrogen and oxygen atoms in total. The van der Waals surface area contributed by atoms with E-state index in [1.54, 1.807) is 0 Å². The first-order valence-electron chi connectivity index (χ1n) is 9.79. The molecular formula is C25H19NO2. The third-order valence-electron chi connectivity index (χ3n) is 6.74. The van der Waals surface area contributed by atoms with Crippen molar-refractivity contribution in [3.63, 3.8) is 0 Å². The summed E-state index contributed by atoms with van der Waals surface area (Å²) in [7, 11) is 0. The van der Waals surface area contributed by atoms with E-state index in [1.807, 2.05) is 55.5 Å². The van der Waals surface area contributed by atoms with Gasteiger partial charge in [-0.2, -0.15) is 0 Å². The van der Waals surface area contributed by atoms with Crippen LogP contribution in [0.4, 0.5) is 5.69 Å². The first-order chi connectivity index (χ1) is 13.7. The number of benzene rings is 3. The summed E-state index contributed by atoms with van der Waals surface area (Å²) in [6.45, 7) is 2.00. The molecule has 0 aromatic heterocycles. The summed E-state index contributed by atoms with van der Waals surface area (Å²) < 4.78 is 0. The van der Waals surface area contributed by atoms with Gasteiger partial charge in [0, 0.05) is 11.8 Å². The zero-order chi connectivity index (χ0) is 19.0. The number of aryl methyl sites for hydroxylation is 1. The molecule has 1 fully saturated rings. The van der Waals surface area contributed by atoms with Crippen LogP contribution in [0, 0.1) is 18.8 Å². The predicted molar refractivity (Wildman–Crippen MR) is 107 cm³/mol. The molecule has 0 spiro atoms. The average molecular weight is 365 g/mol. The summed E-state index contributed by atoms with van der Waals surface area (Å²) in [5, 5.41) is 0. The van der Waals surface area contributed by atoms with Crippen molar-refractivity contribution in [1.82, 2.24) is 0 Å². The molecule has 4 aliphatic rings. The van der Waals surface area contributed by atoms with Gasteiger partial charge in [0.25, 0.3) is 0 Å². The Labute approximate surface area is 163 Å². The molecule has 1 unspecified atom stereocenters. The number of rotatable bonds is 1. The van der Waals surface area contributed by atoms with Crippen molar-refractivity contribution < 1.29 is 9.59 Å². The fourth-order valence-electron chi connectivity index (χ4n) is 5.63. The SMILES string of the molecule is Cc1ccc(N2C(=O)C3C4c5ccccc5C(c5ccccc54)[C@H]3C2=O)cc1. The lowest BCUT2D eigenvalue weighted by molar-refractivity contribution is -0.122. The van der Waals surface area contributed by atoms with Gasteiger partial charge in [0.15, 0.2) is 0 Å². The number of anilines is 1. The van der Waals surface area contributed by atoms with Gasteiger partial charge in [-0.3, -0.25) is 9.59 Å². The van der Waals surface area contributed by atoms with Crippen LogP contribution < -0.4 is 4.90 Å². The smallest absolute Gasteiger partial charge is 0.238 e. The minimum atomic E-state index is -0.316. The molecule has 2 amide bonds. The number of amides is 2. The van der Waals surface area contributed by atoms with Crippen LogP contribution in [0.5, 0.6) is 0 Å². The highest BCUT2D eigenvalue weighted by molar-refractivity contribution is 6.23.